The van der Waals surface area contributed by atoms with Gasteiger partial charge in [-0.05, 0) is 37.1 Å². The molecular weight excluding hydrogens is 248 g/mol. The van der Waals surface area contributed by atoms with Gasteiger partial charge in [-0.25, -0.2) is 4.39 Å². The minimum Gasteiger partial charge on any atom is -0.298 e. The molecule has 0 radical (unpaired) electrons. The van der Waals surface area contributed by atoms with Crippen LogP contribution in [-0.2, 0) is 6.54 Å². The highest BCUT2D eigenvalue weighted by Gasteiger charge is 2.17. The molecule has 1 unspecified atom stereocenters. The van der Waals surface area contributed by atoms with E-state index in [-0.39, 0.29) is 16.2 Å². The fourth-order valence-corrected chi connectivity index (χ4v) is 2.51. The van der Waals surface area contributed by atoms with E-state index in [0.29, 0.717) is 0 Å². The van der Waals surface area contributed by atoms with Crippen molar-refractivity contribution in [2.75, 3.05) is 13.1 Å². The summed E-state index contributed by atoms with van der Waals surface area (Å²) in [6.45, 7) is 2.66. The topological polar surface area (TPSA) is 3.24 Å². The number of hydrogen-bond donors (Lipinski definition) is 0. The van der Waals surface area contributed by atoms with Gasteiger partial charge >= 0.3 is 0 Å². The first kappa shape index (κ1) is 12.2. The molecule has 16 heavy (non-hydrogen) atoms. The molecular formula is C12H14Cl2FN. The minimum atomic E-state index is -0.349. The summed E-state index contributed by atoms with van der Waals surface area (Å²) >= 11 is 11.7. The highest BCUT2D eigenvalue weighted by atomic mass is 35.5. The minimum absolute atomic E-state index is 0.178. The van der Waals surface area contributed by atoms with Crippen LogP contribution in [0.25, 0.3) is 0 Å². The van der Waals surface area contributed by atoms with Gasteiger partial charge in [-0.3, -0.25) is 4.90 Å². The Bertz CT molecular complexity index is 370. The molecule has 0 aliphatic carbocycles. The fourth-order valence-electron chi connectivity index (χ4n) is 2.04. The number of nitrogens with zero attached hydrogens (tertiary/aromatic N) is 1. The van der Waals surface area contributed by atoms with Gasteiger partial charge in [-0.2, -0.15) is 0 Å². The molecule has 0 aromatic heterocycles. The van der Waals surface area contributed by atoms with Crippen molar-refractivity contribution in [2.45, 2.75) is 24.8 Å². The molecule has 1 aromatic rings. The summed E-state index contributed by atoms with van der Waals surface area (Å²) < 4.78 is 13.2. The van der Waals surface area contributed by atoms with Gasteiger partial charge in [0.05, 0.1) is 5.02 Å². The van der Waals surface area contributed by atoms with E-state index in [0.717, 1.165) is 38.0 Å². The molecule has 0 bridgehead atoms. The molecule has 88 valence electrons. The maximum absolute atomic E-state index is 13.2. The third kappa shape index (κ3) is 3.09. The molecule has 0 spiro atoms. The zero-order valence-electron chi connectivity index (χ0n) is 8.93. The summed E-state index contributed by atoms with van der Waals surface area (Å²) in [5, 5.41) is 0.406. The number of halogens is 3. The van der Waals surface area contributed by atoms with Gasteiger partial charge in [0, 0.05) is 18.5 Å². The zero-order chi connectivity index (χ0) is 11.5. The predicted octanol–water partition coefficient (Wildman–Crippen LogP) is 3.68. The fraction of sp³-hybridized carbons (Fsp3) is 0.500. The van der Waals surface area contributed by atoms with Crippen LogP contribution in [0.2, 0.25) is 5.02 Å². The number of benzene rings is 1. The average Bonchev–Trinajstić information content (AvgIpc) is 2.24. The van der Waals surface area contributed by atoms with Crippen molar-refractivity contribution < 1.29 is 4.39 Å². The Labute approximate surface area is 105 Å². The van der Waals surface area contributed by atoms with Gasteiger partial charge in [-0.1, -0.05) is 17.7 Å². The lowest BCUT2D eigenvalue weighted by molar-refractivity contribution is 0.224. The first-order valence-corrected chi connectivity index (χ1v) is 6.27. The van der Waals surface area contributed by atoms with E-state index in [9.17, 15) is 4.39 Å². The van der Waals surface area contributed by atoms with Crippen molar-refractivity contribution in [1.29, 1.82) is 0 Å². The molecule has 1 nitrogen and oxygen atoms in total. The summed E-state index contributed by atoms with van der Waals surface area (Å²) in [6, 6.07) is 4.97. The Morgan fingerprint density at radius 3 is 2.94 bits per heavy atom. The van der Waals surface area contributed by atoms with Gasteiger partial charge in [0.2, 0.25) is 0 Å². The van der Waals surface area contributed by atoms with Crippen LogP contribution < -0.4 is 0 Å². The second-order valence-electron chi connectivity index (χ2n) is 4.22. The van der Waals surface area contributed by atoms with E-state index < -0.39 is 0 Å². The van der Waals surface area contributed by atoms with Crippen LogP contribution in [-0.4, -0.2) is 23.4 Å². The van der Waals surface area contributed by atoms with E-state index in [1.165, 1.54) is 6.07 Å². The summed E-state index contributed by atoms with van der Waals surface area (Å²) in [7, 11) is 0. The van der Waals surface area contributed by atoms with Gasteiger partial charge < -0.3 is 0 Å². The largest absolute Gasteiger partial charge is 0.298 e. The quantitative estimate of drug-likeness (QED) is 0.735. The van der Waals surface area contributed by atoms with Crippen molar-refractivity contribution in [3.8, 4) is 0 Å². The first-order chi connectivity index (χ1) is 7.65. The van der Waals surface area contributed by atoms with Crippen LogP contribution in [0.3, 0.4) is 0 Å². The van der Waals surface area contributed by atoms with Crippen LogP contribution in [0.15, 0.2) is 18.2 Å². The number of rotatable bonds is 2. The van der Waals surface area contributed by atoms with Crippen molar-refractivity contribution in [1.82, 2.24) is 4.90 Å². The number of piperidine rings is 1. The Morgan fingerprint density at radius 1 is 1.44 bits per heavy atom. The number of likely N-dealkylation sites (tertiary alicyclic amines) is 1. The Morgan fingerprint density at radius 2 is 2.25 bits per heavy atom. The first-order valence-electron chi connectivity index (χ1n) is 5.45. The van der Waals surface area contributed by atoms with Crippen LogP contribution in [0.4, 0.5) is 4.39 Å². The van der Waals surface area contributed by atoms with Crippen molar-refractivity contribution in [3.05, 3.63) is 34.6 Å². The van der Waals surface area contributed by atoms with Gasteiger partial charge in [0.15, 0.2) is 0 Å². The average molecular weight is 262 g/mol. The summed E-state index contributed by atoms with van der Waals surface area (Å²) in [6.07, 6.45) is 2.19. The molecule has 0 saturated carbocycles. The van der Waals surface area contributed by atoms with Crippen LogP contribution in [0.1, 0.15) is 18.4 Å². The molecule has 1 aliphatic heterocycles. The molecule has 4 heteroatoms. The summed E-state index contributed by atoms with van der Waals surface area (Å²) in [4.78, 5) is 2.25. The predicted molar refractivity (Wildman–Crippen MR) is 65.6 cm³/mol. The van der Waals surface area contributed by atoms with E-state index in [2.05, 4.69) is 4.90 Å². The van der Waals surface area contributed by atoms with E-state index in [4.69, 9.17) is 23.2 Å². The normalized spacial score (nSPS) is 22.3. The Kier molecular flexibility index (Phi) is 4.06. The van der Waals surface area contributed by atoms with E-state index in [1.54, 1.807) is 6.07 Å². The van der Waals surface area contributed by atoms with Gasteiger partial charge in [-0.15, -0.1) is 11.6 Å². The van der Waals surface area contributed by atoms with Crippen LogP contribution in [0.5, 0.6) is 0 Å². The lowest BCUT2D eigenvalue weighted by atomic mass is 10.1. The molecule has 1 atom stereocenters. The highest BCUT2D eigenvalue weighted by molar-refractivity contribution is 6.30. The second-order valence-corrected chi connectivity index (χ2v) is 5.25. The van der Waals surface area contributed by atoms with Crippen LogP contribution in [0, 0.1) is 5.82 Å². The standard InChI is InChI=1S/C12H14Cl2FN/c13-10-2-1-5-16(8-10)7-9-3-4-11(14)12(15)6-9/h3-4,6,10H,1-2,5,7-8H2. The Hall–Kier alpha value is -0.310. The van der Waals surface area contributed by atoms with Gasteiger partial charge in [0.1, 0.15) is 5.82 Å². The zero-order valence-corrected chi connectivity index (χ0v) is 10.4. The SMILES string of the molecule is Fc1cc(CN2CCCC(Cl)C2)ccc1Cl. The van der Waals surface area contributed by atoms with Crippen molar-refractivity contribution in [2.24, 2.45) is 0 Å². The highest BCUT2D eigenvalue weighted by Crippen LogP contribution is 2.20. The molecule has 1 fully saturated rings. The Balaban J connectivity index is 2.00. The van der Waals surface area contributed by atoms with E-state index >= 15 is 0 Å². The van der Waals surface area contributed by atoms with Crippen molar-refractivity contribution >= 4 is 23.2 Å². The maximum Gasteiger partial charge on any atom is 0.142 e. The lowest BCUT2D eigenvalue weighted by Gasteiger charge is -2.29. The number of alkyl halides is 1. The van der Waals surface area contributed by atoms with Gasteiger partial charge in [0.25, 0.3) is 0 Å². The van der Waals surface area contributed by atoms with E-state index in [1.807, 2.05) is 6.07 Å². The molecule has 0 N–H and O–H groups in total. The molecule has 1 aliphatic rings. The smallest absolute Gasteiger partial charge is 0.142 e. The number of hydrogen-bond acceptors (Lipinski definition) is 1. The maximum atomic E-state index is 13.2. The molecule has 1 saturated heterocycles. The second kappa shape index (κ2) is 5.35. The van der Waals surface area contributed by atoms with Crippen molar-refractivity contribution in [3.63, 3.8) is 0 Å². The molecule has 1 aromatic carbocycles. The monoisotopic (exact) mass is 261 g/mol. The molecule has 0 amide bonds. The lowest BCUT2D eigenvalue weighted by Crippen LogP contribution is -2.35. The summed E-state index contributed by atoms with van der Waals surface area (Å²) in [5.74, 6) is -0.349. The third-order valence-corrected chi connectivity index (χ3v) is 3.50. The molecule has 2 rings (SSSR count). The summed E-state index contributed by atoms with van der Waals surface area (Å²) in [5.41, 5.74) is 0.952. The van der Waals surface area contributed by atoms with Crippen LogP contribution >= 0.6 is 23.2 Å². The third-order valence-electron chi connectivity index (χ3n) is 2.84. The molecule has 1 heterocycles.